The van der Waals surface area contributed by atoms with Crippen LogP contribution in [0.2, 0.25) is 0 Å². The number of hydrogen-bond acceptors (Lipinski definition) is 5. The van der Waals surface area contributed by atoms with E-state index in [-0.39, 0.29) is 0 Å². The van der Waals surface area contributed by atoms with E-state index in [0.717, 1.165) is 17.0 Å². The molecule has 0 spiro atoms. The SMILES string of the molecule is NNc1cc(-c2ccccc2)nc(Cc2ccccn2)n1. The number of aromatic nitrogens is 3. The number of nitrogen functional groups attached to an aromatic ring is 1. The van der Waals surface area contributed by atoms with Crippen LogP contribution in [0.4, 0.5) is 5.82 Å². The van der Waals surface area contributed by atoms with Gasteiger partial charge in [0.25, 0.3) is 0 Å². The molecule has 0 unspecified atom stereocenters. The summed E-state index contributed by atoms with van der Waals surface area (Å²) >= 11 is 0. The number of nitrogens with zero attached hydrogens (tertiary/aromatic N) is 3. The van der Waals surface area contributed by atoms with Crippen molar-refractivity contribution in [2.24, 2.45) is 5.84 Å². The van der Waals surface area contributed by atoms with Crippen LogP contribution in [0.15, 0.2) is 60.8 Å². The van der Waals surface area contributed by atoms with Gasteiger partial charge in [0, 0.05) is 23.5 Å². The molecule has 0 bridgehead atoms. The first kappa shape index (κ1) is 13.2. The van der Waals surface area contributed by atoms with Gasteiger partial charge in [-0.25, -0.2) is 15.8 Å². The lowest BCUT2D eigenvalue weighted by Gasteiger charge is -2.07. The first-order valence-corrected chi connectivity index (χ1v) is 6.65. The molecule has 0 saturated carbocycles. The molecular weight excluding hydrogens is 262 g/mol. The first-order valence-electron chi connectivity index (χ1n) is 6.65. The summed E-state index contributed by atoms with van der Waals surface area (Å²) < 4.78 is 0. The lowest BCUT2D eigenvalue weighted by Crippen LogP contribution is -2.11. The molecule has 0 amide bonds. The molecule has 0 fully saturated rings. The molecule has 3 N–H and O–H groups in total. The van der Waals surface area contributed by atoms with Gasteiger partial charge in [-0.3, -0.25) is 4.98 Å². The van der Waals surface area contributed by atoms with E-state index >= 15 is 0 Å². The van der Waals surface area contributed by atoms with Crippen molar-refractivity contribution in [3.63, 3.8) is 0 Å². The van der Waals surface area contributed by atoms with Gasteiger partial charge in [-0.15, -0.1) is 0 Å². The minimum Gasteiger partial charge on any atom is -0.308 e. The number of rotatable bonds is 4. The van der Waals surface area contributed by atoms with Gasteiger partial charge in [-0.2, -0.15) is 0 Å². The number of benzene rings is 1. The Labute approximate surface area is 122 Å². The molecule has 0 aliphatic carbocycles. The highest BCUT2D eigenvalue weighted by Gasteiger charge is 2.07. The van der Waals surface area contributed by atoms with Crippen molar-refractivity contribution in [2.75, 3.05) is 5.43 Å². The molecule has 0 aliphatic heterocycles. The smallest absolute Gasteiger partial charge is 0.144 e. The lowest BCUT2D eigenvalue weighted by atomic mass is 10.1. The zero-order chi connectivity index (χ0) is 14.5. The predicted molar refractivity (Wildman–Crippen MR) is 82.3 cm³/mol. The van der Waals surface area contributed by atoms with Crippen molar-refractivity contribution < 1.29 is 0 Å². The summed E-state index contributed by atoms with van der Waals surface area (Å²) in [5.74, 6) is 6.78. The van der Waals surface area contributed by atoms with Crippen molar-refractivity contribution in [1.29, 1.82) is 0 Å². The van der Waals surface area contributed by atoms with E-state index in [1.54, 1.807) is 6.20 Å². The fourth-order valence-electron chi connectivity index (χ4n) is 2.07. The fraction of sp³-hybridized carbons (Fsp3) is 0.0625. The highest BCUT2D eigenvalue weighted by molar-refractivity contribution is 5.62. The molecule has 0 aliphatic rings. The second-order valence-electron chi connectivity index (χ2n) is 4.56. The molecule has 0 radical (unpaired) electrons. The summed E-state index contributed by atoms with van der Waals surface area (Å²) in [6, 6.07) is 17.6. The van der Waals surface area contributed by atoms with Crippen LogP contribution in [-0.4, -0.2) is 15.0 Å². The molecule has 5 heteroatoms. The second-order valence-corrected chi connectivity index (χ2v) is 4.56. The van der Waals surface area contributed by atoms with E-state index < -0.39 is 0 Å². The van der Waals surface area contributed by atoms with Crippen LogP contribution in [0, 0.1) is 0 Å². The Hall–Kier alpha value is -2.79. The van der Waals surface area contributed by atoms with Crippen molar-refractivity contribution in [2.45, 2.75) is 6.42 Å². The van der Waals surface area contributed by atoms with Gasteiger partial charge in [0.2, 0.25) is 0 Å². The Kier molecular flexibility index (Phi) is 3.84. The van der Waals surface area contributed by atoms with Gasteiger partial charge in [0.05, 0.1) is 12.1 Å². The van der Waals surface area contributed by atoms with Crippen LogP contribution in [0.25, 0.3) is 11.3 Å². The standard InChI is InChI=1S/C16H15N5/c17-21-16-11-14(12-6-2-1-3-7-12)19-15(20-16)10-13-8-4-5-9-18-13/h1-9,11H,10,17H2,(H,19,20,21). The van der Waals surface area contributed by atoms with E-state index in [0.29, 0.717) is 18.1 Å². The Balaban J connectivity index is 1.98. The lowest BCUT2D eigenvalue weighted by molar-refractivity contribution is 0.937. The van der Waals surface area contributed by atoms with E-state index in [1.165, 1.54) is 0 Å². The Morgan fingerprint density at radius 3 is 2.48 bits per heavy atom. The molecule has 104 valence electrons. The molecule has 21 heavy (non-hydrogen) atoms. The average molecular weight is 277 g/mol. The van der Waals surface area contributed by atoms with Crippen LogP contribution in [0.1, 0.15) is 11.5 Å². The Bertz CT molecular complexity index is 713. The quantitative estimate of drug-likeness (QED) is 0.565. The van der Waals surface area contributed by atoms with Crippen LogP contribution >= 0.6 is 0 Å². The topological polar surface area (TPSA) is 76.7 Å². The molecule has 3 rings (SSSR count). The average Bonchev–Trinajstić information content (AvgIpc) is 2.56. The van der Waals surface area contributed by atoms with Crippen LogP contribution < -0.4 is 11.3 Å². The fourth-order valence-corrected chi connectivity index (χ4v) is 2.07. The summed E-state index contributed by atoms with van der Waals surface area (Å²) in [6.45, 7) is 0. The monoisotopic (exact) mass is 277 g/mol. The summed E-state index contributed by atoms with van der Waals surface area (Å²) in [4.78, 5) is 13.3. The van der Waals surface area contributed by atoms with Gasteiger partial charge < -0.3 is 5.43 Å². The largest absolute Gasteiger partial charge is 0.308 e. The molecule has 0 saturated heterocycles. The minimum atomic E-state index is 0.566. The molecule has 2 aromatic heterocycles. The van der Waals surface area contributed by atoms with Crippen LogP contribution in [0.3, 0.4) is 0 Å². The highest BCUT2D eigenvalue weighted by Crippen LogP contribution is 2.19. The van der Waals surface area contributed by atoms with Gasteiger partial charge in [-0.1, -0.05) is 36.4 Å². The zero-order valence-electron chi connectivity index (χ0n) is 11.4. The maximum atomic E-state index is 5.50. The maximum absolute atomic E-state index is 5.50. The second kappa shape index (κ2) is 6.11. The molecule has 2 heterocycles. The van der Waals surface area contributed by atoms with E-state index in [9.17, 15) is 0 Å². The number of hydrazine groups is 1. The number of hydrogen-bond donors (Lipinski definition) is 2. The zero-order valence-corrected chi connectivity index (χ0v) is 11.4. The Morgan fingerprint density at radius 2 is 1.76 bits per heavy atom. The van der Waals surface area contributed by atoms with Crippen molar-refractivity contribution in [1.82, 2.24) is 15.0 Å². The minimum absolute atomic E-state index is 0.566. The number of nitrogens with one attached hydrogen (secondary N) is 1. The first-order chi connectivity index (χ1) is 10.3. The highest BCUT2D eigenvalue weighted by atomic mass is 15.3. The predicted octanol–water partition coefficient (Wildman–Crippen LogP) is 2.42. The third-order valence-electron chi connectivity index (χ3n) is 3.06. The van der Waals surface area contributed by atoms with Crippen LogP contribution in [0.5, 0.6) is 0 Å². The molecule has 5 nitrogen and oxygen atoms in total. The number of anilines is 1. The molecule has 3 aromatic rings. The Morgan fingerprint density at radius 1 is 0.952 bits per heavy atom. The number of pyridine rings is 1. The van der Waals surface area contributed by atoms with Crippen molar-refractivity contribution in [3.05, 3.63) is 72.3 Å². The third-order valence-corrected chi connectivity index (χ3v) is 3.06. The normalized spacial score (nSPS) is 10.3. The van der Waals surface area contributed by atoms with E-state index in [1.807, 2.05) is 54.6 Å². The molecular formula is C16H15N5. The summed E-state index contributed by atoms with van der Waals surface area (Å²) in [7, 11) is 0. The molecule has 0 atom stereocenters. The van der Waals surface area contributed by atoms with Gasteiger partial charge >= 0.3 is 0 Å². The molecule has 1 aromatic carbocycles. The van der Waals surface area contributed by atoms with E-state index in [2.05, 4.69) is 20.4 Å². The number of nitrogens with two attached hydrogens (primary N) is 1. The van der Waals surface area contributed by atoms with Gasteiger partial charge in [0.1, 0.15) is 11.6 Å². The van der Waals surface area contributed by atoms with Gasteiger partial charge in [0.15, 0.2) is 0 Å². The van der Waals surface area contributed by atoms with Gasteiger partial charge in [-0.05, 0) is 12.1 Å². The van der Waals surface area contributed by atoms with Crippen LogP contribution in [-0.2, 0) is 6.42 Å². The summed E-state index contributed by atoms with van der Waals surface area (Å²) in [6.07, 6.45) is 2.33. The van der Waals surface area contributed by atoms with Crippen molar-refractivity contribution in [3.8, 4) is 11.3 Å². The van der Waals surface area contributed by atoms with E-state index in [4.69, 9.17) is 5.84 Å². The maximum Gasteiger partial charge on any atom is 0.144 e. The summed E-state index contributed by atoms with van der Waals surface area (Å²) in [5.41, 5.74) is 5.38. The van der Waals surface area contributed by atoms with Crippen molar-refractivity contribution >= 4 is 5.82 Å². The third kappa shape index (κ3) is 3.21. The summed E-state index contributed by atoms with van der Waals surface area (Å²) in [5, 5.41) is 0.